The molecule has 10 heteroatoms. The van der Waals surface area contributed by atoms with Crippen molar-refractivity contribution >= 4 is 34.9 Å². The van der Waals surface area contributed by atoms with Gasteiger partial charge in [-0.1, -0.05) is 18.2 Å². The average molecular weight is 520 g/mol. The van der Waals surface area contributed by atoms with Crippen LogP contribution in [0.1, 0.15) is 46.6 Å². The molecule has 1 aromatic heterocycles. The lowest BCUT2D eigenvalue weighted by Gasteiger charge is -2.25. The molecule has 9 nitrogen and oxygen atoms in total. The van der Waals surface area contributed by atoms with Crippen molar-refractivity contribution in [2.24, 2.45) is 5.73 Å². The summed E-state index contributed by atoms with van der Waals surface area (Å²) in [5.74, 6) is 0.341. The molecule has 1 unspecified atom stereocenters. The van der Waals surface area contributed by atoms with E-state index in [0.717, 1.165) is 4.88 Å². The lowest BCUT2D eigenvalue weighted by Crippen LogP contribution is -2.49. The van der Waals surface area contributed by atoms with Crippen LogP contribution in [0, 0.1) is 5.41 Å². The Hall–Kier alpha value is -4.18. The van der Waals surface area contributed by atoms with Crippen molar-refractivity contribution in [2.75, 3.05) is 13.1 Å². The molecule has 2 heterocycles. The fourth-order valence-electron chi connectivity index (χ4n) is 4.10. The van der Waals surface area contributed by atoms with Crippen LogP contribution < -0.4 is 21.1 Å². The van der Waals surface area contributed by atoms with Crippen molar-refractivity contribution in [2.45, 2.75) is 31.8 Å². The second kappa shape index (κ2) is 11.7. The Bertz CT molecular complexity index is 1280. The second-order valence-electron chi connectivity index (χ2n) is 8.75. The molecule has 1 fully saturated rings. The van der Waals surface area contributed by atoms with E-state index < -0.39 is 6.04 Å². The van der Waals surface area contributed by atoms with Gasteiger partial charge in [-0.15, -0.1) is 11.3 Å². The van der Waals surface area contributed by atoms with Crippen molar-refractivity contribution in [3.63, 3.8) is 0 Å². The molecule has 0 aliphatic carbocycles. The van der Waals surface area contributed by atoms with Crippen LogP contribution in [0.25, 0.3) is 0 Å². The van der Waals surface area contributed by atoms with Crippen molar-refractivity contribution in [3.8, 4) is 11.5 Å². The lowest BCUT2D eigenvalue weighted by molar-refractivity contribution is -0.137. The summed E-state index contributed by atoms with van der Waals surface area (Å²) < 4.78 is 5.74. The van der Waals surface area contributed by atoms with Gasteiger partial charge in [-0.05, 0) is 62.2 Å². The number of ether oxygens (including phenoxy) is 1. The zero-order chi connectivity index (χ0) is 26.4. The molecule has 4 rings (SSSR count). The van der Waals surface area contributed by atoms with E-state index in [4.69, 9.17) is 15.9 Å². The van der Waals surface area contributed by atoms with E-state index in [-0.39, 0.29) is 36.1 Å². The maximum absolute atomic E-state index is 12.9. The van der Waals surface area contributed by atoms with E-state index in [1.807, 2.05) is 37.3 Å². The zero-order valence-electron chi connectivity index (χ0n) is 20.4. The van der Waals surface area contributed by atoms with E-state index in [2.05, 4.69) is 10.6 Å². The predicted molar refractivity (Wildman–Crippen MR) is 142 cm³/mol. The molecule has 1 aliphatic heterocycles. The van der Waals surface area contributed by atoms with Crippen LogP contribution >= 0.6 is 11.3 Å². The zero-order valence-corrected chi connectivity index (χ0v) is 21.2. The van der Waals surface area contributed by atoms with Gasteiger partial charge < -0.3 is 26.0 Å². The monoisotopic (exact) mass is 519 g/mol. The number of carbonyl (C=O) groups is 3. The second-order valence-corrected chi connectivity index (χ2v) is 9.69. The predicted octanol–water partition coefficient (Wildman–Crippen LogP) is 3.42. The Morgan fingerprint density at radius 3 is 2.49 bits per heavy atom. The highest BCUT2D eigenvalue weighted by atomic mass is 32.1. The van der Waals surface area contributed by atoms with Crippen molar-refractivity contribution in [3.05, 3.63) is 82.0 Å². The number of carbonyl (C=O) groups excluding carboxylic acids is 3. The van der Waals surface area contributed by atoms with Crippen molar-refractivity contribution < 1.29 is 19.1 Å². The first kappa shape index (κ1) is 25.9. The van der Waals surface area contributed by atoms with Gasteiger partial charge in [0, 0.05) is 27.9 Å². The number of hydrogen-bond acceptors (Lipinski definition) is 6. The van der Waals surface area contributed by atoms with E-state index >= 15 is 0 Å². The summed E-state index contributed by atoms with van der Waals surface area (Å²) in [6.07, 6.45) is 1.27. The number of amides is 3. The number of nitrogens with zero attached hydrogens (tertiary/aromatic N) is 1. The number of benzene rings is 2. The molecule has 5 N–H and O–H groups in total. The Morgan fingerprint density at radius 1 is 1.11 bits per heavy atom. The highest BCUT2D eigenvalue weighted by Crippen LogP contribution is 2.24. The molecule has 1 saturated heterocycles. The minimum Gasteiger partial charge on any atom is -0.457 e. The van der Waals surface area contributed by atoms with Gasteiger partial charge in [0.05, 0.1) is 12.6 Å². The molecule has 192 valence electrons. The summed E-state index contributed by atoms with van der Waals surface area (Å²) in [4.78, 5) is 40.8. The largest absolute Gasteiger partial charge is 0.457 e. The molecular weight excluding hydrogens is 490 g/mol. The quantitative estimate of drug-likeness (QED) is 0.254. The summed E-state index contributed by atoms with van der Waals surface area (Å²) >= 11 is 1.42. The first-order valence-electron chi connectivity index (χ1n) is 12.0. The summed E-state index contributed by atoms with van der Waals surface area (Å²) in [6.45, 7) is 2.11. The molecule has 37 heavy (non-hydrogen) atoms. The van der Waals surface area contributed by atoms with E-state index in [1.165, 1.54) is 16.2 Å². The molecule has 0 radical (unpaired) electrons. The van der Waals surface area contributed by atoms with Crippen molar-refractivity contribution in [1.29, 1.82) is 5.41 Å². The Labute approximate surface area is 219 Å². The van der Waals surface area contributed by atoms with Crippen LogP contribution in [-0.2, 0) is 9.59 Å². The summed E-state index contributed by atoms with van der Waals surface area (Å²) in [5, 5.41) is 14.9. The highest BCUT2D eigenvalue weighted by molar-refractivity contribution is 7.10. The number of nitrogens with two attached hydrogens (primary N) is 1. The third-order valence-corrected chi connectivity index (χ3v) is 7.20. The van der Waals surface area contributed by atoms with Gasteiger partial charge in [0.15, 0.2) is 0 Å². The number of likely N-dealkylation sites (tertiary alicyclic amines) is 1. The van der Waals surface area contributed by atoms with Gasteiger partial charge in [0.1, 0.15) is 23.4 Å². The maximum Gasteiger partial charge on any atom is 0.251 e. The van der Waals surface area contributed by atoms with Crippen LogP contribution in [0.5, 0.6) is 11.5 Å². The third kappa shape index (κ3) is 6.53. The number of thiophene rings is 1. The van der Waals surface area contributed by atoms with Gasteiger partial charge >= 0.3 is 0 Å². The molecule has 0 saturated carbocycles. The molecule has 2 atom stereocenters. The number of amidine groups is 1. The summed E-state index contributed by atoms with van der Waals surface area (Å²) in [5.41, 5.74) is 6.54. The number of nitrogen functional groups attached to an aromatic ring is 1. The molecule has 3 aromatic rings. The van der Waals surface area contributed by atoms with Crippen LogP contribution in [0.2, 0.25) is 0 Å². The maximum atomic E-state index is 12.9. The van der Waals surface area contributed by atoms with Gasteiger partial charge in [-0.2, -0.15) is 0 Å². The molecule has 1 aliphatic rings. The summed E-state index contributed by atoms with van der Waals surface area (Å²) in [7, 11) is 0. The molecule has 3 amide bonds. The fourth-order valence-corrected chi connectivity index (χ4v) is 5.01. The minimum atomic E-state index is -0.589. The van der Waals surface area contributed by atoms with Crippen LogP contribution in [0.4, 0.5) is 0 Å². The van der Waals surface area contributed by atoms with Crippen LogP contribution in [0.3, 0.4) is 0 Å². The van der Waals surface area contributed by atoms with Gasteiger partial charge in [-0.25, -0.2) is 0 Å². The SMILES string of the molecule is C[C@@H](NC(=O)C1CCCN1C(=O)CNC(=O)c1ccc(Oc2ccccc2)cc1)c1cc(C(=N)N)cs1. The van der Waals surface area contributed by atoms with Gasteiger partial charge in [0.25, 0.3) is 5.91 Å². The lowest BCUT2D eigenvalue weighted by atomic mass is 10.1. The van der Waals surface area contributed by atoms with E-state index in [9.17, 15) is 14.4 Å². The van der Waals surface area contributed by atoms with Crippen LogP contribution in [-0.4, -0.2) is 47.6 Å². The highest BCUT2D eigenvalue weighted by Gasteiger charge is 2.34. The number of rotatable bonds is 9. The van der Waals surface area contributed by atoms with Gasteiger partial charge in [-0.3, -0.25) is 19.8 Å². The molecular formula is C27H29N5O4S. The van der Waals surface area contributed by atoms with Crippen LogP contribution in [0.15, 0.2) is 66.0 Å². The smallest absolute Gasteiger partial charge is 0.251 e. The molecule has 2 aromatic carbocycles. The minimum absolute atomic E-state index is 0.0212. The standard InChI is InChI=1S/C27H29N5O4S/c1-17(23-14-19(16-37-23)25(28)29)31-27(35)22-8-5-13-32(22)24(33)15-30-26(34)18-9-11-21(12-10-18)36-20-6-3-2-4-7-20/h2-4,6-7,9-12,14,16-17,22H,5,8,13,15H2,1H3,(H3,28,29)(H,30,34)(H,31,35)/t17-,22?/m1/s1. The number of hydrogen-bond donors (Lipinski definition) is 4. The van der Waals surface area contributed by atoms with E-state index in [0.29, 0.717) is 42.0 Å². The summed E-state index contributed by atoms with van der Waals surface area (Å²) in [6, 6.07) is 16.9. The molecule has 0 spiro atoms. The Morgan fingerprint density at radius 2 is 1.81 bits per heavy atom. The fraction of sp³-hybridized carbons (Fsp3) is 0.259. The first-order valence-corrected chi connectivity index (χ1v) is 12.8. The number of para-hydroxylation sites is 1. The first-order chi connectivity index (χ1) is 17.8. The normalized spacial score (nSPS) is 15.6. The third-order valence-electron chi connectivity index (χ3n) is 6.09. The topological polar surface area (TPSA) is 138 Å². The average Bonchev–Trinajstić information content (AvgIpc) is 3.59. The number of nitrogens with one attached hydrogen (secondary N) is 3. The van der Waals surface area contributed by atoms with E-state index in [1.54, 1.807) is 35.7 Å². The Balaban J connectivity index is 1.28. The molecule has 0 bridgehead atoms. The van der Waals surface area contributed by atoms with Crippen molar-refractivity contribution in [1.82, 2.24) is 15.5 Å². The Kier molecular flexibility index (Phi) is 8.19. The van der Waals surface area contributed by atoms with Gasteiger partial charge in [0.2, 0.25) is 11.8 Å².